The second-order valence-electron chi connectivity index (χ2n) is 5.13. The van der Waals surface area contributed by atoms with Crippen molar-refractivity contribution in [2.75, 3.05) is 39.3 Å². The van der Waals surface area contributed by atoms with Crippen molar-refractivity contribution in [1.82, 2.24) is 15.5 Å². The summed E-state index contributed by atoms with van der Waals surface area (Å²) in [7, 11) is 0. The number of hydrogen-bond donors (Lipinski definition) is 3. The van der Waals surface area contributed by atoms with Gasteiger partial charge in [0.2, 0.25) is 0 Å². The van der Waals surface area contributed by atoms with Crippen molar-refractivity contribution in [2.45, 2.75) is 45.1 Å². The summed E-state index contributed by atoms with van der Waals surface area (Å²) >= 11 is 0. The van der Waals surface area contributed by atoms with Crippen LogP contribution in [0.15, 0.2) is 0 Å². The number of hydrogen-bond acceptors (Lipinski definition) is 4. The van der Waals surface area contributed by atoms with Gasteiger partial charge in [-0.3, -0.25) is 6.54 Å². The number of aliphatic hydroxyl groups is 1. The number of aliphatic hydroxyl groups excluding tert-OH is 1. The maximum atomic E-state index is 10.0. The third kappa shape index (κ3) is 10.8. The van der Waals surface area contributed by atoms with E-state index in [0.29, 0.717) is 0 Å². The molecule has 5 heteroatoms. The SMILES string of the molecule is CCCCCCC(O)CN1[CH-]CNCCNCC1.[Cr]. The zero-order valence-electron chi connectivity index (χ0n) is 12.2. The van der Waals surface area contributed by atoms with Crippen molar-refractivity contribution in [2.24, 2.45) is 0 Å². The molecule has 3 N–H and O–H groups in total. The Hall–Kier alpha value is 0.372. The van der Waals surface area contributed by atoms with Gasteiger partial charge < -0.3 is 20.6 Å². The molecule has 0 radical (unpaired) electrons. The summed E-state index contributed by atoms with van der Waals surface area (Å²) in [6, 6.07) is 0. The van der Waals surface area contributed by atoms with Gasteiger partial charge in [0.25, 0.3) is 0 Å². The molecule has 1 atom stereocenters. The predicted molar refractivity (Wildman–Crippen MR) is 76.4 cm³/mol. The first-order valence-corrected chi connectivity index (χ1v) is 7.49. The summed E-state index contributed by atoms with van der Waals surface area (Å²) in [5.74, 6) is 0. The minimum Gasteiger partial charge on any atom is -0.452 e. The van der Waals surface area contributed by atoms with Gasteiger partial charge in [0.15, 0.2) is 0 Å². The summed E-state index contributed by atoms with van der Waals surface area (Å²) in [5, 5.41) is 16.8. The molecule has 0 bridgehead atoms. The number of unbranched alkanes of at least 4 members (excludes halogenated alkanes) is 3. The molecule has 0 aromatic rings. The monoisotopic (exact) mass is 308 g/mol. The molecule has 0 aromatic carbocycles. The molecule has 1 aliphatic heterocycles. The van der Waals surface area contributed by atoms with Crippen molar-refractivity contribution in [1.29, 1.82) is 0 Å². The molecule has 1 fully saturated rings. The molecule has 114 valence electrons. The van der Waals surface area contributed by atoms with Gasteiger partial charge in [0.1, 0.15) is 0 Å². The first-order valence-electron chi connectivity index (χ1n) is 7.49. The van der Waals surface area contributed by atoms with E-state index < -0.39 is 0 Å². The molecule has 1 heterocycles. The fourth-order valence-electron chi connectivity index (χ4n) is 2.25. The Balaban J connectivity index is 0.00000324. The minimum atomic E-state index is -0.182. The maximum absolute atomic E-state index is 10.0. The van der Waals surface area contributed by atoms with Gasteiger partial charge in [0, 0.05) is 37.0 Å². The Kier molecular flexibility index (Phi) is 13.6. The first kappa shape index (κ1) is 19.4. The molecule has 1 unspecified atom stereocenters. The van der Waals surface area contributed by atoms with Crippen LogP contribution in [0, 0.1) is 6.54 Å². The Morgan fingerprint density at radius 3 is 2.74 bits per heavy atom. The largest absolute Gasteiger partial charge is 0.452 e. The molecule has 19 heavy (non-hydrogen) atoms. The quantitative estimate of drug-likeness (QED) is 0.484. The van der Waals surface area contributed by atoms with Crippen LogP contribution in [0.1, 0.15) is 39.0 Å². The Morgan fingerprint density at radius 2 is 1.95 bits per heavy atom. The van der Waals surface area contributed by atoms with Crippen LogP contribution < -0.4 is 10.6 Å². The van der Waals surface area contributed by atoms with Gasteiger partial charge in [-0.15, -0.1) is 6.54 Å². The van der Waals surface area contributed by atoms with Gasteiger partial charge in [-0.1, -0.05) is 32.6 Å². The van der Waals surface area contributed by atoms with E-state index in [1.165, 1.54) is 19.3 Å². The van der Waals surface area contributed by atoms with Crippen molar-refractivity contribution >= 4 is 0 Å². The van der Waals surface area contributed by atoms with E-state index in [0.717, 1.165) is 52.1 Å². The number of β-amino-alcohol motifs (C(OH)–C–C–N with tert-alkyl or cyclic N) is 1. The Labute approximate surface area is 129 Å². The molecule has 1 aliphatic rings. The third-order valence-electron chi connectivity index (χ3n) is 3.38. The molecule has 1 saturated heterocycles. The number of nitrogens with zero attached hydrogens (tertiary/aromatic N) is 1. The summed E-state index contributed by atoms with van der Waals surface area (Å²) < 4.78 is 0. The average Bonchev–Trinajstić information content (AvgIpc) is 2.49. The fraction of sp³-hybridized carbons (Fsp3) is 0.929. The van der Waals surface area contributed by atoms with E-state index in [1.54, 1.807) is 0 Å². The van der Waals surface area contributed by atoms with E-state index in [9.17, 15) is 5.11 Å². The van der Waals surface area contributed by atoms with Crippen LogP contribution in [0.3, 0.4) is 0 Å². The summed E-state index contributed by atoms with van der Waals surface area (Å²) in [6.07, 6.45) is 5.70. The van der Waals surface area contributed by atoms with Gasteiger partial charge in [-0.05, 0) is 19.5 Å². The Morgan fingerprint density at radius 1 is 1.16 bits per heavy atom. The van der Waals surface area contributed by atoms with Crippen LogP contribution in [0.2, 0.25) is 0 Å². The second kappa shape index (κ2) is 13.4. The van der Waals surface area contributed by atoms with Crippen molar-refractivity contribution < 1.29 is 22.5 Å². The van der Waals surface area contributed by atoms with Crippen LogP contribution in [0.5, 0.6) is 0 Å². The van der Waals surface area contributed by atoms with Crippen LogP contribution in [-0.2, 0) is 17.4 Å². The second-order valence-corrected chi connectivity index (χ2v) is 5.13. The Bertz CT molecular complexity index is 186. The van der Waals surface area contributed by atoms with Gasteiger partial charge in [0.05, 0.1) is 6.10 Å². The molecule has 0 saturated carbocycles. The normalized spacial score (nSPS) is 19.9. The predicted octanol–water partition coefficient (Wildman–Crippen LogP) is 0.972. The molecule has 0 spiro atoms. The molecule has 4 nitrogen and oxygen atoms in total. The van der Waals surface area contributed by atoms with E-state index in [-0.39, 0.29) is 23.5 Å². The molecule has 0 amide bonds. The fourth-order valence-corrected chi connectivity index (χ4v) is 2.25. The van der Waals surface area contributed by atoms with Crippen LogP contribution in [0.4, 0.5) is 0 Å². The maximum Gasteiger partial charge on any atom is 0.0643 e. The van der Waals surface area contributed by atoms with E-state index in [4.69, 9.17) is 0 Å². The third-order valence-corrected chi connectivity index (χ3v) is 3.38. The van der Waals surface area contributed by atoms with E-state index in [2.05, 4.69) is 29.0 Å². The summed E-state index contributed by atoms with van der Waals surface area (Å²) in [6.45, 7) is 10.1. The average molecular weight is 308 g/mol. The topological polar surface area (TPSA) is 47.5 Å². The molecule has 0 aromatic heterocycles. The molecule has 0 aliphatic carbocycles. The van der Waals surface area contributed by atoms with Crippen LogP contribution >= 0.6 is 0 Å². The van der Waals surface area contributed by atoms with Crippen molar-refractivity contribution in [3.63, 3.8) is 0 Å². The molecular formula is C14H30CrN3O-. The smallest absolute Gasteiger partial charge is 0.0643 e. The van der Waals surface area contributed by atoms with Crippen LogP contribution in [-0.4, -0.2) is 55.4 Å². The molecule has 1 rings (SSSR count). The van der Waals surface area contributed by atoms with E-state index in [1.807, 2.05) is 0 Å². The zero-order chi connectivity index (χ0) is 13.1. The van der Waals surface area contributed by atoms with Crippen LogP contribution in [0.25, 0.3) is 0 Å². The van der Waals surface area contributed by atoms with Crippen molar-refractivity contribution in [3.05, 3.63) is 6.54 Å². The number of nitrogens with one attached hydrogen (secondary N) is 2. The van der Waals surface area contributed by atoms with E-state index >= 15 is 0 Å². The molecular weight excluding hydrogens is 278 g/mol. The minimum absolute atomic E-state index is 0. The summed E-state index contributed by atoms with van der Waals surface area (Å²) in [4.78, 5) is 2.25. The summed E-state index contributed by atoms with van der Waals surface area (Å²) in [5.41, 5.74) is 0. The number of rotatable bonds is 7. The van der Waals surface area contributed by atoms with Gasteiger partial charge in [-0.2, -0.15) is 0 Å². The van der Waals surface area contributed by atoms with Gasteiger partial charge >= 0.3 is 0 Å². The standard InChI is InChI=1S/C14H30N3O.Cr/c1-2-3-4-5-6-14(18)13-17-11-9-15-7-8-16-10-12-17;/h11,14-16,18H,2-10,12-13H2,1H3;/q-1;. The van der Waals surface area contributed by atoms with Gasteiger partial charge in [-0.25, -0.2) is 0 Å². The first-order chi connectivity index (χ1) is 8.83. The van der Waals surface area contributed by atoms with Crippen molar-refractivity contribution in [3.8, 4) is 0 Å². The zero-order valence-corrected chi connectivity index (χ0v) is 13.5.